The minimum absolute atomic E-state index is 0.0874. The lowest BCUT2D eigenvalue weighted by Crippen LogP contribution is -2.35. The lowest BCUT2D eigenvalue weighted by Gasteiger charge is -2.26. The average Bonchev–Trinajstić information content (AvgIpc) is 2.85. The second kappa shape index (κ2) is 4.66. The predicted octanol–water partition coefficient (Wildman–Crippen LogP) is 1.59. The lowest BCUT2D eigenvalue weighted by atomic mass is 10.0. The van der Waals surface area contributed by atoms with E-state index in [1.54, 1.807) is 6.92 Å². The van der Waals surface area contributed by atoms with Crippen molar-refractivity contribution in [3.63, 3.8) is 0 Å². The average molecular weight is 295 g/mol. The summed E-state index contributed by atoms with van der Waals surface area (Å²) in [4.78, 5) is 0. The summed E-state index contributed by atoms with van der Waals surface area (Å²) < 4.78 is 26.5. The summed E-state index contributed by atoms with van der Waals surface area (Å²) >= 11 is 1.12. The van der Waals surface area contributed by atoms with Gasteiger partial charge in [0.25, 0.3) is 10.0 Å². The van der Waals surface area contributed by atoms with Gasteiger partial charge in [0.05, 0.1) is 0 Å². The minimum Gasteiger partial charge on any atom is -0.204 e. The summed E-state index contributed by atoms with van der Waals surface area (Å²) in [5, 5.41) is 8.21. The van der Waals surface area contributed by atoms with E-state index in [2.05, 4.69) is 10.2 Å². The van der Waals surface area contributed by atoms with E-state index in [1.807, 2.05) is 24.3 Å². The largest absolute Gasteiger partial charge is 0.272 e. The maximum absolute atomic E-state index is 12.4. The number of aromatic nitrogens is 2. The van der Waals surface area contributed by atoms with Crippen molar-refractivity contribution in [2.75, 3.05) is 6.54 Å². The molecule has 2 aromatic rings. The van der Waals surface area contributed by atoms with E-state index in [4.69, 9.17) is 0 Å². The van der Waals surface area contributed by atoms with Gasteiger partial charge in [-0.1, -0.05) is 35.6 Å². The lowest BCUT2D eigenvalue weighted by molar-refractivity contribution is 0.390. The Morgan fingerprint density at radius 2 is 1.95 bits per heavy atom. The first-order valence-corrected chi connectivity index (χ1v) is 8.20. The first-order chi connectivity index (χ1) is 9.07. The first kappa shape index (κ1) is 12.7. The van der Waals surface area contributed by atoms with E-state index >= 15 is 0 Å². The zero-order chi connectivity index (χ0) is 13.5. The Morgan fingerprint density at radius 1 is 1.21 bits per heavy atom. The molecule has 1 aromatic carbocycles. The molecule has 0 fully saturated rings. The van der Waals surface area contributed by atoms with Crippen LogP contribution in [0.15, 0.2) is 28.6 Å². The zero-order valence-electron chi connectivity index (χ0n) is 10.4. The first-order valence-electron chi connectivity index (χ1n) is 5.94. The highest BCUT2D eigenvalue weighted by atomic mass is 32.2. The Labute approximate surface area is 116 Å². The maximum atomic E-state index is 12.4. The third-order valence-corrected chi connectivity index (χ3v) is 6.19. The van der Waals surface area contributed by atoms with Crippen LogP contribution in [0.4, 0.5) is 0 Å². The molecule has 0 atom stereocenters. The van der Waals surface area contributed by atoms with E-state index in [1.165, 1.54) is 9.87 Å². The van der Waals surface area contributed by atoms with Gasteiger partial charge < -0.3 is 0 Å². The van der Waals surface area contributed by atoms with Gasteiger partial charge in [-0.3, -0.25) is 0 Å². The molecule has 0 spiro atoms. The quantitative estimate of drug-likeness (QED) is 0.844. The van der Waals surface area contributed by atoms with E-state index in [9.17, 15) is 8.42 Å². The maximum Gasteiger partial charge on any atom is 0.272 e. The molecule has 2 heterocycles. The number of benzene rings is 1. The van der Waals surface area contributed by atoms with Crippen LogP contribution in [-0.2, 0) is 23.0 Å². The highest BCUT2D eigenvalue weighted by Crippen LogP contribution is 2.26. The summed E-state index contributed by atoms with van der Waals surface area (Å²) in [6.45, 7) is 2.66. The molecular formula is C12H13N3O2S2. The van der Waals surface area contributed by atoms with E-state index in [-0.39, 0.29) is 4.34 Å². The smallest absolute Gasteiger partial charge is 0.204 e. The minimum atomic E-state index is -3.51. The Hall–Kier alpha value is -1.31. The molecule has 0 saturated heterocycles. The molecule has 0 unspecified atom stereocenters. The van der Waals surface area contributed by atoms with Crippen LogP contribution in [0.2, 0.25) is 0 Å². The van der Waals surface area contributed by atoms with Gasteiger partial charge in [-0.25, -0.2) is 8.42 Å². The highest BCUT2D eigenvalue weighted by Gasteiger charge is 2.30. The molecule has 1 aliphatic heterocycles. The molecule has 0 saturated carbocycles. The molecule has 1 aromatic heterocycles. The molecule has 19 heavy (non-hydrogen) atoms. The summed E-state index contributed by atoms with van der Waals surface area (Å²) in [5.74, 6) is 0. The van der Waals surface area contributed by atoms with Crippen LogP contribution in [0, 0.1) is 6.92 Å². The Balaban J connectivity index is 1.93. The predicted molar refractivity (Wildman–Crippen MR) is 72.4 cm³/mol. The zero-order valence-corrected chi connectivity index (χ0v) is 12.0. The topological polar surface area (TPSA) is 63.2 Å². The van der Waals surface area contributed by atoms with Gasteiger partial charge in [0, 0.05) is 13.1 Å². The summed E-state index contributed by atoms with van der Waals surface area (Å²) in [5.41, 5.74) is 2.29. The molecule has 0 radical (unpaired) electrons. The number of sulfonamides is 1. The van der Waals surface area contributed by atoms with Crippen LogP contribution in [0.1, 0.15) is 16.1 Å². The number of fused-ring (bicyclic) bond motifs is 1. The van der Waals surface area contributed by atoms with Crippen molar-refractivity contribution in [2.45, 2.75) is 24.2 Å². The van der Waals surface area contributed by atoms with E-state index in [0.29, 0.717) is 18.1 Å². The second-order valence-electron chi connectivity index (χ2n) is 4.44. The van der Waals surface area contributed by atoms with Crippen molar-refractivity contribution >= 4 is 21.4 Å². The monoisotopic (exact) mass is 295 g/mol. The van der Waals surface area contributed by atoms with Gasteiger partial charge in [-0.05, 0) is 24.5 Å². The normalized spacial score (nSPS) is 16.3. The van der Waals surface area contributed by atoms with Crippen molar-refractivity contribution in [2.24, 2.45) is 0 Å². The summed E-state index contributed by atoms with van der Waals surface area (Å²) in [6.07, 6.45) is 0.743. The van der Waals surface area contributed by atoms with Crippen LogP contribution in [0.3, 0.4) is 0 Å². The van der Waals surface area contributed by atoms with Crippen molar-refractivity contribution in [3.05, 3.63) is 40.4 Å². The standard InChI is InChI=1S/C12H13N3O2S2/c1-9-13-14-12(18-9)19(16,17)15-7-6-10-4-2-3-5-11(10)8-15/h2-5H,6-8H2,1H3. The van der Waals surface area contributed by atoms with Crippen molar-refractivity contribution in [1.29, 1.82) is 0 Å². The van der Waals surface area contributed by atoms with Gasteiger partial charge in [-0.15, -0.1) is 10.2 Å². The molecular weight excluding hydrogens is 282 g/mol. The molecule has 3 rings (SSSR count). The third kappa shape index (κ3) is 2.29. The Kier molecular flexibility index (Phi) is 3.12. The number of rotatable bonds is 2. The highest BCUT2D eigenvalue weighted by molar-refractivity contribution is 7.91. The Bertz CT molecular complexity index is 709. The molecule has 100 valence electrons. The second-order valence-corrected chi connectivity index (χ2v) is 7.74. The van der Waals surface area contributed by atoms with E-state index in [0.717, 1.165) is 23.3 Å². The number of hydrogen-bond acceptors (Lipinski definition) is 5. The molecule has 7 heteroatoms. The molecule has 5 nitrogen and oxygen atoms in total. The number of aryl methyl sites for hydroxylation is 1. The van der Waals surface area contributed by atoms with Crippen molar-refractivity contribution < 1.29 is 8.42 Å². The molecule has 0 amide bonds. The fourth-order valence-corrected chi connectivity index (χ4v) is 4.69. The van der Waals surface area contributed by atoms with Crippen LogP contribution >= 0.6 is 11.3 Å². The fraction of sp³-hybridized carbons (Fsp3) is 0.333. The summed E-state index contributed by atoms with van der Waals surface area (Å²) in [7, 11) is -3.51. The third-order valence-electron chi connectivity index (χ3n) is 3.16. The number of hydrogen-bond donors (Lipinski definition) is 0. The van der Waals surface area contributed by atoms with Crippen LogP contribution < -0.4 is 0 Å². The Morgan fingerprint density at radius 3 is 2.63 bits per heavy atom. The van der Waals surface area contributed by atoms with Gasteiger partial charge in [0.15, 0.2) is 0 Å². The van der Waals surface area contributed by atoms with E-state index < -0.39 is 10.0 Å². The summed E-state index contributed by atoms with van der Waals surface area (Å²) in [6, 6.07) is 7.94. The van der Waals surface area contributed by atoms with Crippen LogP contribution in [0.5, 0.6) is 0 Å². The SMILES string of the molecule is Cc1nnc(S(=O)(=O)N2CCc3ccccc3C2)s1. The molecule has 1 aliphatic rings. The van der Waals surface area contributed by atoms with Crippen molar-refractivity contribution in [3.8, 4) is 0 Å². The van der Waals surface area contributed by atoms with Crippen LogP contribution in [0.25, 0.3) is 0 Å². The molecule has 0 N–H and O–H groups in total. The van der Waals surface area contributed by atoms with Gasteiger partial charge >= 0.3 is 0 Å². The number of nitrogens with zero attached hydrogens (tertiary/aromatic N) is 3. The molecule has 0 bridgehead atoms. The van der Waals surface area contributed by atoms with Crippen LogP contribution in [-0.4, -0.2) is 29.5 Å². The van der Waals surface area contributed by atoms with Gasteiger partial charge in [-0.2, -0.15) is 4.31 Å². The van der Waals surface area contributed by atoms with Crippen molar-refractivity contribution in [1.82, 2.24) is 14.5 Å². The van der Waals surface area contributed by atoms with Gasteiger partial charge in [0.2, 0.25) is 4.34 Å². The van der Waals surface area contributed by atoms with Gasteiger partial charge in [0.1, 0.15) is 5.01 Å². The fourth-order valence-electron chi connectivity index (χ4n) is 2.17. The molecule has 0 aliphatic carbocycles.